The third kappa shape index (κ3) is 5.49. The first-order valence-electron chi connectivity index (χ1n) is 10.1. The molecule has 2 rings (SSSR count). The topological polar surface area (TPSA) is 74.2 Å². The summed E-state index contributed by atoms with van der Waals surface area (Å²) in [5, 5.41) is 0. The number of esters is 2. The van der Waals surface area contributed by atoms with E-state index in [1.807, 2.05) is 65.8 Å². The number of hydrogen-bond donors (Lipinski definition) is 0. The molecule has 0 fully saturated rings. The molecule has 0 aromatic heterocycles. The lowest BCUT2D eigenvalue weighted by molar-refractivity contribution is -0.158. The number of carbonyl (C=O) groups is 2. The Hall–Kier alpha value is -2.63. The van der Waals surface area contributed by atoms with Crippen LogP contribution in [0.4, 0.5) is 0 Å². The number of rotatable bonds is 4. The molecule has 0 saturated heterocycles. The summed E-state index contributed by atoms with van der Waals surface area (Å²) < 4.78 is 16.9. The Balaban J connectivity index is 2.69. The number of ether oxygens (including phenoxy) is 3. The second-order valence-electron chi connectivity index (χ2n) is 9.48. The second-order valence-corrected chi connectivity index (χ2v) is 9.48. The third-order valence-electron chi connectivity index (χ3n) is 4.58. The molecule has 0 bridgehead atoms. The van der Waals surface area contributed by atoms with Crippen LogP contribution in [0.3, 0.4) is 0 Å². The molecule has 0 N–H and O–H groups in total. The van der Waals surface area contributed by atoms with Crippen molar-refractivity contribution in [3.8, 4) is 5.75 Å². The lowest BCUT2D eigenvalue weighted by Gasteiger charge is -2.35. The van der Waals surface area contributed by atoms with Crippen LogP contribution in [0, 0.1) is 5.92 Å². The van der Waals surface area contributed by atoms with E-state index in [1.54, 1.807) is 21.0 Å². The molecule has 1 aliphatic rings. The molecular weight excluding hydrogens is 382 g/mol. The molecule has 0 saturated carbocycles. The maximum absolute atomic E-state index is 13.2. The van der Waals surface area contributed by atoms with Crippen molar-refractivity contribution in [1.82, 2.24) is 0 Å². The van der Waals surface area contributed by atoms with Crippen LogP contribution < -0.4 is 4.74 Å². The molecule has 30 heavy (non-hydrogen) atoms. The molecule has 2 atom stereocenters. The van der Waals surface area contributed by atoms with Crippen molar-refractivity contribution in [2.24, 2.45) is 10.9 Å². The van der Waals surface area contributed by atoms with Crippen molar-refractivity contribution < 1.29 is 23.8 Å². The molecule has 164 valence electrons. The SMILES string of the molecule is COc1ccccc1C1C(C(=O)OC(C)(C)C)=C(C)N=C(C)C1C(=O)OC(C)(C)C. The zero-order valence-electron chi connectivity index (χ0n) is 19.5. The van der Waals surface area contributed by atoms with Crippen molar-refractivity contribution in [2.75, 3.05) is 7.11 Å². The summed E-state index contributed by atoms with van der Waals surface area (Å²) in [7, 11) is 1.56. The largest absolute Gasteiger partial charge is 0.496 e. The fourth-order valence-electron chi connectivity index (χ4n) is 3.57. The quantitative estimate of drug-likeness (QED) is 0.659. The standard InChI is InChI=1S/C24H33NO5/c1-14-18(21(26)29-23(3,4)5)20(16-12-10-11-13-17(16)28-9)19(15(2)25-14)22(27)30-24(6,7)8/h10-13,18,20H,1-9H3. The van der Waals surface area contributed by atoms with E-state index in [9.17, 15) is 9.59 Å². The minimum Gasteiger partial charge on any atom is -0.496 e. The van der Waals surface area contributed by atoms with Gasteiger partial charge in [0.2, 0.25) is 0 Å². The van der Waals surface area contributed by atoms with Crippen molar-refractivity contribution >= 4 is 17.7 Å². The second kappa shape index (κ2) is 8.62. The molecule has 0 amide bonds. The Kier molecular flexibility index (Phi) is 6.80. The first-order chi connectivity index (χ1) is 13.7. The maximum Gasteiger partial charge on any atom is 0.337 e. The first-order valence-corrected chi connectivity index (χ1v) is 10.1. The zero-order valence-corrected chi connectivity index (χ0v) is 19.5. The lowest BCUT2D eigenvalue weighted by Crippen LogP contribution is -2.40. The van der Waals surface area contributed by atoms with Crippen LogP contribution in [0.1, 0.15) is 66.9 Å². The van der Waals surface area contributed by atoms with Gasteiger partial charge in [-0.2, -0.15) is 0 Å². The number of aliphatic imine (C=N–C) groups is 1. The molecular formula is C24H33NO5. The number of allylic oxidation sites excluding steroid dienone is 1. The van der Waals surface area contributed by atoms with E-state index in [2.05, 4.69) is 4.99 Å². The predicted octanol–water partition coefficient (Wildman–Crippen LogP) is 4.83. The van der Waals surface area contributed by atoms with Crippen LogP contribution in [0.2, 0.25) is 0 Å². The Morgan fingerprint density at radius 1 is 0.933 bits per heavy atom. The monoisotopic (exact) mass is 415 g/mol. The Morgan fingerprint density at radius 2 is 1.50 bits per heavy atom. The van der Waals surface area contributed by atoms with E-state index in [4.69, 9.17) is 14.2 Å². The molecule has 1 aromatic carbocycles. The number of hydrogen-bond acceptors (Lipinski definition) is 6. The summed E-state index contributed by atoms with van der Waals surface area (Å²) in [6.07, 6.45) is 0. The summed E-state index contributed by atoms with van der Waals surface area (Å²) >= 11 is 0. The van der Waals surface area contributed by atoms with Crippen LogP contribution in [0.5, 0.6) is 5.75 Å². The molecule has 0 aliphatic carbocycles. The minimum absolute atomic E-state index is 0.343. The van der Waals surface area contributed by atoms with Gasteiger partial charge < -0.3 is 14.2 Å². The van der Waals surface area contributed by atoms with Crippen LogP contribution in [-0.2, 0) is 19.1 Å². The van der Waals surface area contributed by atoms with Crippen molar-refractivity contribution in [1.29, 1.82) is 0 Å². The lowest BCUT2D eigenvalue weighted by atomic mass is 9.75. The van der Waals surface area contributed by atoms with E-state index in [0.29, 0.717) is 28.3 Å². The normalized spacial score (nSPS) is 19.8. The van der Waals surface area contributed by atoms with Crippen molar-refractivity contribution in [2.45, 2.75) is 72.5 Å². The highest BCUT2D eigenvalue weighted by Gasteiger charge is 2.45. The molecule has 6 nitrogen and oxygen atoms in total. The summed E-state index contributed by atoms with van der Waals surface area (Å²) in [5.74, 6) is -1.76. The van der Waals surface area contributed by atoms with E-state index in [0.717, 1.165) is 0 Å². The van der Waals surface area contributed by atoms with E-state index < -0.39 is 35.0 Å². The molecule has 6 heteroatoms. The molecule has 0 radical (unpaired) electrons. The van der Waals surface area contributed by atoms with E-state index in [1.165, 1.54) is 0 Å². The molecule has 1 aromatic rings. The number of para-hydroxylation sites is 1. The van der Waals surface area contributed by atoms with Gasteiger partial charge in [0.05, 0.1) is 12.7 Å². The van der Waals surface area contributed by atoms with Gasteiger partial charge in [0.15, 0.2) is 0 Å². The molecule has 1 aliphatic heterocycles. The van der Waals surface area contributed by atoms with Crippen LogP contribution >= 0.6 is 0 Å². The maximum atomic E-state index is 13.2. The summed E-state index contributed by atoms with van der Waals surface area (Å²) in [6.45, 7) is 14.4. The highest BCUT2D eigenvalue weighted by atomic mass is 16.6. The summed E-state index contributed by atoms with van der Waals surface area (Å²) in [4.78, 5) is 31.0. The average Bonchev–Trinajstić information content (AvgIpc) is 2.57. The van der Waals surface area contributed by atoms with Crippen LogP contribution in [0.25, 0.3) is 0 Å². The van der Waals surface area contributed by atoms with Gasteiger partial charge in [-0.25, -0.2) is 4.79 Å². The summed E-state index contributed by atoms with van der Waals surface area (Å²) in [6, 6.07) is 7.37. The van der Waals surface area contributed by atoms with E-state index in [-0.39, 0.29) is 0 Å². The highest BCUT2D eigenvalue weighted by molar-refractivity contribution is 6.07. The number of carbonyl (C=O) groups excluding carboxylic acids is 2. The van der Waals surface area contributed by atoms with Crippen LogP contribution in [0.15, 0.2) is 40.5 Å². The molecule has 1 heterocycles. The van der Waals surface area contributed by atoms with Crippen LogP contribution in [-0.4, -0.2) is 36.0 Å². The van der Waals surface area contributed by atoms with Gasteiger partial charge in [-0.15, -0.1) is 0 Å². The molecule has 2 unspecified atom stereocenters. The summed E-state index contributed by atoms with van der Waals surface area (Å²) in [5.41, 5.74) is 0.807. The van der Waals surface area contributed by atoms with E-state index >= 15 is 0 Å². The average molecular weight is 416 g/mol. The highest BCUT2D eigenvalue weighted by Crippen LogP contribution is 2.44. The fraction of sp³-hybridized carbons (Fsp3) is 0.542. The van der Waals surface area contributed by atoms with Gasteiger partial charge >= 0.3 is 11.9 Å². The van der Waals surface area contributed by atoms with Crippen molar-refractivity contribution in [3.05, 3.63) is 41.1 Å². The van der Waals surface area contributed by atoms with Gasteiger partial charge in [0.25, 0.3) is 0 Å². The number of benzene rings is 1. The number of methoxy groups -OCH3 is 1. The third-order valence-corrected chi connectivity index (χ3v) is 4.58. The van der Waals surface area contributed by atoms with Gasteiger partial charge in [-0.05, 0) is 61.5 Å². The van der Waals surface area contributed by atoms with Gasteiger partial charge in [-0.1, -0.05) is 18.2 Å². The zero-order chi connectivity index (χ0) is 22.9. The first kappa shape index (κ1) is 23.6. The fourth-order valence-corrected chi connectivity index (χ4v) is 3.57. The predicted molar refractivity (Wildman–Crippen MR) is 117 cm³/mol. The number of nitrogens with zero attached hydrogens (tertiary/aromatic N) is 1. The van der Waals surface area contributed by atoms with Crippen molar-refractivity contribution in [3.63, 3.8) is 0 Å². The van der Waals surface area contributed by atoms with Gasteiger partial charge in [0, 0.05) is 22.9 Å². The van der Waals surface area contributed by atoms with Gasteiger partial charge in [-0.3, -0.25) is 9.79 Å². The Labute approximate surface area is 179 Å². The minimum atomic E-state index is -0.772. The smallest absolute Gasteiger partial charge is 0.337 e. The van der Waals surface area contributed by atoms with Gasteiger partial charge in [0.1, 0.15) is 22.9 Å². The molecule has 0 spiro atoms. The Morgan fingerprint density at radius 3 is 2.03 bits per heavy atom. The Bertz CT molecular complexity index is 884.